The Bertz CT molecular complexity index is 360. The van der Waals surface area contributed by atoms with Crippen LogP contribution in [0.3, 0.4) is 0 Å². The zero-order chi connectivity index (χ0) is 13.7. The molecule has 4 atom stereocenters. The van der Waals surface area contributed by atoms with E-state index in [1.807, 2.05) is 0 Å². The highest BCUT2D eigenvalue weighted by molar-refractivity contribution is 5.33. The zero-order valence-electron chi connectivity index (χ0n) is 9.72. The topological polar surface area (TPSA) is 121 Å². The molecule has 102 valence electrons. The molecule has 1 aliphatic carbocycles. The molecular weight excluding hydrogens is 240 g/mol. The Morgan fingerprint density at radius 1 is 1.11 bits per heavy atom. The van der Waals surface area contributed by atoms with Crippen molar-refractivity contribution in [3.8, 4) is 0 Å². The summed E-state index contributed by atoms with van der Waals surface area (Å²) in [5, 5.41) is 56.2. The molecule has 6 N–H and O–H groups in total. The molecule has 0 aromatic carbocycles. The van der Waals surface area contributed by atoms with Crippen LogP contribution >= 0.6 is 0 Å². The summed E-state index contributed by atoms with van der Waals surface area (Å²) < 4.78 is 0. The molecule has 0 amide bonds. The molecule has 0 unspecified atom stereocenters. The van der Waals surface area contributed by atoms with Crippen molar-refractivity contribution < 1.29 is 30.6 Å². The molecule has 6 nitrogen and oxygen atoms in total. The van der Waals surface area contributed by atoms with Gasteiger partial charge >= 0.3 is 0 Å². The van der Waals surface area contributed by atoms with Crippen molar-refractivity contribution >= 4 is 0 Å². The van der Waals surface area contributed by atoms with Gasteiger partial charge in [0, 0.05) is 0 Å². The molecule has 0 aromatic rings. The molecule has 0 spiro atoms. The van der Waals surface area contributed by atoms with E-state index in [0.29, 0.717) is 12.0 Å². The van der Waals surface area contributed by atoms with Crippen LogP contribution in [-0.2, 0) is 0 Å². The predicted molar refractivity (Wildman–Crippen MR) is 63.7 cm³/mol. The Morgan fingerprint density at radius 3 is 2.28 bits per heavy atom. The highest BCUT2D eigenvalue weighted by atomic mass is 16.4. The first kappa shape index (κ1) is 14.9. The number of allylic oxidation sites excluding steroid dienone is 5. The average Bonchev–Trinajstić information content (AvgIpc) is 2.44. The van der Waals surface area contributed by atoms with Crippen LogP contribution in [0, 0.1) is 0 Å². The van der Waals surface area contributed by atoms with Crippen molar-refractivity contribution in [2.45, 2.75) is 30.8 Å². The summed E-state index contributed by atoms with van der Waals surface area (Å²) in [5.41, 5.74) is 0.412. The Hall–Kier alpha value is -1.18. The van der Waals surface area contributed by atoms with E-state index in [-0.39, 0.29) is 0 Å². The van der Waals surface area contributed by atoms with Gasteiger partial charge in [0.2, 0.25) is 0 Å². The summed E-state index contributed by atoms with van der Waals surface area (Å²) in [5.74, 6) is -0.465. The molecule has 0 saturated heterocycles. The van der Waals surface area contributed by atoms with Crippen LogP contribution in [0.2, 0.25) is 0 Å². The van der Waals surface area contributed by atoms with E-state index >= 15 is 0 Å². The monoisotopic (exact) mass is 258 g/mol. The summed E-state index contributed by atoms with van der Waals surface area (Å²) in [6, 6.07) is 0. The zero-order valence-corrected chi connectivity index (χ0v) is 9.72. The van der Waals surface area contributed by atoms with Gasteiger partial charge in [0.1, 0.15) is 30.2 Å². The van der Waals surface area contributed by atoms with Crippen LogP contribution in [0.25, 0.3) is 0 Å². The highest BCUT2D eigenvalue weighted by Crippen LogP contribution is 2.19. The number of hydrogen-bond donors (Lipinski definition) is 6. The molecule has 0 fully saturated rings. The number of aliphatic hydroxyl groups is 6. The quantitative estimate of drug-likeness (QED) is 0.343. The molecule has 6 heteroatoms. The maximum absolute atomic E-state index is 9.75. The van der Waals surface area contributed by atoms with Crippen LogP contribution in [0.15, 0.2) is 35.6 Å². The first-order valence-electron chi connectivity index (χ1n) is 5.57. The van der Waals surface area contributed by atoms with E-state index < -0.39 is 36.8 Å². The lowest BCUT2D eigenvalue weighted by Crippen LogP contribution is -2.46. The number of rotatable bonds is 5. The van der Waals surface area contributed by atoms with E-state index in [2.05, 4.69) is 0 Å². The second-order valence-electron chi connectivity index (χ2n) is 4.08. The SMILES string of the molecule is OC[C@@H](O)[C@@H](O)[C@H](O)[C@@H](O)C(O)=C1C=CC=CC1. The standard InChI is InChI=1S/C12H18O6/c13-6-8(14)10(16)12(18)11(17)9(15)7-4-2-1-3-5-7/h1-4,8,10-18H,5-6H2/t8-,10-,11+,12+/m1/s1. The minimum absolute atomic E-state index is 0.394. The third-order valence-electron chi connectivity index (χ3n) is 2.75. The van der Waals surface area contributed by atoms with Gasteiger partial charge in [0.15, 0.2) is 0 Å². The van der Waals surface area contributed by atoms with Crippen LogP contribution in [0.1, 0.15) is 6.42 Å². The van der Waals surface area contributed by atoms with Gasteiger partial charge in [-0.25, -0.2) is 0 Å². The highest BCUT2D eigenvalue weighted by Gasteiger charge is 2.32. The molecule has 1 aliphatic rings. The normalized spacial score (nSPS) is 24.5. The molecule has 18 heavy (non-hydrogen) atoms. The lowest BCUT2D eigenvalue weighted by Gasteiger charge is -2.26. The summed E-state index contributed by atoms with van der Waals surface area (Å²) in [6.07, 6.45) is 0.280. The molecule has 1 rings (SSSR count). The molecule has 0 aromatic heterocycles. The van der Waals surface area contributed by atoms with Gasteiger partial charge in [-0.1, -0.05) is 24.3 Å². The van der Waals surface area contributed by atoms with Crippen molar-refractivity contribution in [1.29, 1.82) is 0 Å². The van der Waals surface area contributed by atoms with Crippen molar-refractivity contribution in [2.75, 3.05) is 6.61 Å². The summed E-state index contributed by atoms with van der Waals surface area (Å²) in [7, 11) is 0. The van der Waals surface area contributed by atoms with E-state index in [1.54, 1.807) is 24.3 Å². The van der Waals surface area contributed by atoms with E-state index in [4.69, 9.17) is 10.2 Å². The van der Waals surface area contributed by atoms with Crippen LogP contribution < -0.4 is 0 Å². The van der Waals surface area contributed by atoms with Crippen molar-refractivity contribution in [1.82, 2.24) is 0 Å². The van der Waals surface area contributed by atoms with Crippen molar-refractivity contribution in [2.24, 2.45) is 0 Å². The van der Waals surface area contributed by atoms with Crippen LogP contribution in [0.5, 0.6) is 0 Å². The average molecular weight is 258 g/mol. The van der Waals surface area contributed by atoms with Gasteiger partial charge in [0.25, 0.3) is 0 Å². The number of aliphatic hydroxyl groups excluding tert-OH is 6. The summed E-state index contributed by atoms with van der Waals surface area (Å²) >= 11 is 0. The third-order valence-corrected chi connectivity index (χ3v) is 2.75. The fourth-order valence-corrected chi connectivity index (χ4v) is 1.58. The minimum atomic E-state index is -1.79. The number of hydrogen-bond acceptors (Lipinski definition) is 6. The van der Waals surface area contributed by atoms with Gasteiger partial charge in [-0.3, -0.25) is 0 Å². The Morgan fingerprint density at radius 2 is 1.78 bits per heavy atom. The fourth-order valence-electron chi connectivity index (χ4n) is 1.58. The predicted octanol–water partition coefficient (Wildman–Crippen LogP) is -1.25. The maximum Gasteiger partial charge on any atom is 0.139 e. The van der Waals surface area contributed by atoms with Gasteiger partial charge in [0.05, 0.1) is 6.61 Å². The molecule has 0 bridgehead atoms. The van der Waals surface area contributed by atoms with Crippen LogP contribution in [0.4, 0.5) is 0 Å². The van der Waals surface area contributed by atoms with E-state index in [0.717, 1.165) is 0 Å². The van der Waals surface area contributed by atoms with Gasteiger partial charge < -0.3 is 30.6 Å². The Balaban J connectivity index is 2.77. The lowest BCUT2D eigenvalue weighted by atomic mass is 9.97. The van der Waals surface area contributed by atoms with Crippen LogP contribution in [-0.4, -0.2) is 61.7 Å². The third kappa shape index (κ3) is 3.41. The molecule has 0 radical (unpaired) electrons. The first-order chi connectivity index (χ1) is 8.49. The Labute approximate surface area is 104 Å². The summed E-state index contributed by atoms with van der Waals surface area (Å²) in [4.78, 5) is 0. The lowest BCUT2D eigenvalue weighted by molar-refractivity contribution is -0.113. The van der Waals surface area contributed by atoms with Gasteiger partial charge in [-0.15, -0.1) is 0 Å². The second kappa shape index (κ2) is 6.67. The second-order valence-corrected chi connectivity index (χ2v) is 4.08. The first-order valence-corrected chi connectivity index (χ1v) is 5.57. The van der Waals surface area contributed by atoms with Crippen molar-refractivity contribution in [3.63, 3.8) is 0 Å². The minimum Gasteiger partial charge on any atom is -0.509 e. The molecule has 0 heterocycles. The van der Waals surface area contributed by atoms with E-state index in [9.17, 15) is 20.4 Å². The summed E-state index contributed by atoms with van der Waals surface area (Å²) in [6.45, 7) is -0.759. The fraction of sp³-hybridized carbons (Fsp3) is 0.500. The van der Waals surface area contributed by atoms with Gasteiger partial charge in [-0.05, 0) is 12.0 Å². The van der Waals surface area contributed by atoms with Crippen molar-refractivity contribution in [3.05, 3.63) is 35.6 Å². The molecular formula is C12H18O6. The maximum atomic E-state index is 9.75. The van der Waals surface area contributed by atoms with E-state index in [1.165, 1.54) is 0 Å². The molecule has 0 aliphatic heterocycles. The Kier molecular flexibility index (Phi) is 5.52. The molecule has 0 saturated carbocycles. The smallest absolute Gasteiger partial charge is 0.139 e. The van der Waals surface area contributed by atoms with Gasteiger partial charge in [-0.2, -0.15) is 0 Å². The largest absolute Gasteiger partial charge is 0.509 e.